The van der Waals surface area contributed by atoms with Crippen LogP contribution in [0.15, 0.2) is 18.2 Å². The molecule has 0 aliphatic rings. The van der Waals surface area contributed by atoms with Gasteiger partial charge in [-0.25, -0.2) is 8.78 Å². The molecule has 0 saturated carbocycles. The van der Waals surface area contributed by atoms with Crippen LogP contribution in [0.1, 0.15) is 5.56 Å². The predicted molar refractivity (Wildman–Crippen MR) is 62.8 cm³/mol. The monoisotopic (exact) mass is 289 g/mol. The van der Waals surface area contributed by atoms with Gasteiger partial charge in [-0.15, -0.1) is 0 Å². The van der Waals surface area contributed by atoms with Crippen molar-refractivity contribution in [2.45, 2.75) is 18.9 Å². The van der Waals surface area contributed by atoms with Gasteiger partial charge in [0.2, 0.25) is 0 Å². The van der Waals surface area contributed by atoms with Crippen LogP contribution in [0, 0.1) is 16.1 Å². The number of rotatable bonds is 3. The van der Waals surface area contributed by atoms with E-state index in [1.165, 1.54) is 18.2 Å². The molecule has 0 radical (unpaired) electrons. The Morgan fingerprint density at radius 2 is 2.11 bits per heavy atom. The highest BCUT2D eigenvalue weighted by atomic mass is 32.1. The van der Waals surface area contributed by atoms with E-state index in [1.807, 2.05) is 6.07 Å². The van der Waals surface area contributed by atoms with Crippen LogP contribution in [-0.2, 0) is 6.54 Å². The van der Waals surface area contributed by atoms with Crippen LogP contribution >= 0.6 is 12.2 Å². The fourth-order valence-corrected chi connectivity index (χ4v) is 1.93. The second kappa shape index (κ2) is 4.66. The first-order valence-electron chi connectivity index (χ1n) is 5.14. The van der Waals surface area contributed by atoms with Gasteiger partial charge in [0.05, 0.1) is 29.2 Å². The molecular weight excluding hydrogens is 282 g/mol. The molecule has 0 spiro atoms. The molecule has 1 N–H and O–H groups in total. The van der Waals surface area contributed by atoms with Crippen molar-refractivity contribution in [3.63, 3.8) is 0 Å². The van der Waals surface area contributed by atoms with Crippen LogP contribution in [0.25, 0.3) is 11.0 Å². The Bertz CT molecular complexity index is 711. The van der Waals surface area contributed by atoms with Crippen molar-refractivity contribution in [3.8, 4) is 6.07 Å². The van der Waals surface area contributed by atoms with E-state index in [4.69, 9.17) is 17.5 Å². The lowest BCUT2D eigenvalue weighted by molar-refractivity contribution is -0.137. The van der Waals surface area contributed by atoms with Crippen LogP contribution in [0.4, 0.5) is 17.6 Å². The molecule has 0 bridgehead atoms. The molecule has 100 valence electrons. The van der Waals surface area contributed by atoms with Crippen LogP contribution in [0.3, 0.4) is 0 Å². The van der Waals surface area contributed by atoms with Crippen molar-refractivity contribution in [3.05, 3.63) is 28.5 Å². The Morgan fingerprint density at radius 3 is 2.68 bits per heavy atom. The number of imidazole rings is 1. The molecule has 0 amide bonds. The number of benzene rings is 1. The second-order valence-electron chi connectivity index (χ2n) is 3.92. The fourth-order valence-electron chi connectivity index (χ4n) is 1.66. The van der Waals surface area contributed by atoms with Gasteiger partial charge in [-0.3, -0.25) is 0 Å². The Morgan fingerprint density at radius 1 is 1.42 bits per heavy atom. The van der Waals surface area contributed by atoms with Crippen LogP contribution in [0.2, 0.25) is 0 Å². The lowest BCUT2D eigenvalue weighted by Gasteiger charge is -2.16. The molecule has 0 saturated heterocycles. The van der Waals surface area contributed by atoms with E-state index >= 15 is 0 Å². The molecule has 0 fully saturated rings. The molecule has 1 aromatic carbocycles. The predicted octanol–water partition coefficient (Wildman–Crippen LogP) is 3.47. The maximum absolute atomic E-state index is 13.1. The van der Waals surface area contributed by atoms with Gasteiger partial charge in [0, 0.05) is 0 Å². The summed E-state index contributed by atoms with van der Waals surface area (Å²) in [6.07, 6.45) is -3.78. The first-order valence-corrected chi connectivity index (χ1v) is 5.54. The Labute approximate surface area is 110 Å². The van der Waals surface area contributed by atoms with Crippen molar-refractivity contribution in [2.24, 2.45) is 0 Å². The van der Waals surface area contributed by atoms with E-state index in [9.17, 15) is 17.6 Å². The highest BCUT2D eigenvalue weighted by Crippen LogP contribution is 2.27. The first kappa shape index (κ1) is 13.5. The van der Waals surface area contributed by atoms with E-state index in [0.29, 0.717) is 5.52 Å². The highest BCUT2D eigenvalue weighted by molar-refractivity contribution is 7.71. The van der Waals surface area contributed by atoms with Gasteiger partial charge in [-0.1, -0.05) is 0 Å². The summed E-state index contributed by atoms with van der Waals surface area (Å²) in [6, 6.07) is 6.13. The third-order valence-electron chi connectivity index (χ3n) is 2.59. The summed E-state index contributed by atoms with van der Waals surface area (Å²) in [4.78, 5) is 2.63. The average Bonchev–Trinajstić information content (AvgIpc) is 2.64. The third-order valence-corrected chi connectivity index (χ3v) is 2.92. The van der Waals surface area contributed by atoms with Crippen molar-refractivity contribution in [2.75, 3.05) is 0 Å². The molecule has 19 heavy (non-hydrogen) atoms. The zero-order valence-corrected chi connectivity index (χ0v) is 10.1. The third kappa shape index (κ3) is 2.46. The summed E-state index contributed by atoms with van der Waals surface area (Å²) in [5.74, 6) is -4.18. The van der Waals surface area contributed by atoms with E-state index in [2.05, 4.69) is 4.98 Å². The molecular formula is C11H7F4N3S. The largest absolute Gasteiger partial charge is 0.331 e. The fraction of sp³-hybridized carbons (Fsp3) is 0.273. The summed E-state index contributed by atoms with van der Waals surface area (Å²) >= 11 is 4.83. The van der Waals surface area contributed by atoms with Crippen molar-refractivity contribution >= 4 is 23.3 Å². The topological polar surface area (TPSA) is 44.5 Å². The number of fused-ring (bicyclic) bond motifs is 1. The van der Waals surface area contributed by atoms with E-state index in [1.54, 1.807) is 0 Å². The average molecular weight is 289 g/mol. The molecule has 1 heterocycles. The van der Waals surface area contributed by atoms with Crippen molar-refractivity contribution < 1.29 is 17.6 Å². The van der Waals surface area contributed by atoms with E-state index < -0.39 is 18.9 Å². The van der Waals surface area contributed by atoms with Gasteiger partial charge in [0.1, 0.15) is 0 Å². The van der Waals surface area contributed by atoms with E-state index in [0.717, 1.165) is 4.57 Å². The zero-order chi connectivity index (χ0) is 14.2. The molecule has 2 aromatic rings. The number of hydrogen-bond donors (Lipinski definition) is 1. The first-order chi connectivity index (χ1) is 8.85. The number of aromatic nitrogens is 2. The second-order valence-corrected chi connectivity index (χ2v) is 4.31. The number of hydrogen-bond acceptors (Lipinski definition) is 2. The number of nitrogens with one attached hydrogen (secondary N) is 1. The summed E-state index contributed by atoms with van der Waals surface area (Å²) in [5, 5.41) is 8.75. The minimum atomic E-state index is -4.18. The summed E-state index contributed by atoms with van der Waals surface area (Å²) < 4.78 is 51.4. The van der Waals surface area contributed by atoms with Crippen LogP contribution < -0.4 is 0 Å². The highest BCUT2D eigenvalue weighted by Gasteiger charge is 2.41. The van der Waals surface area contributed by atoms with Gasteiger partial charge in [0.25, 0.3) is 0 Å². The lowest BCUT2D eigenvalue weighted by Crippen LogP contribution is -2.32. The Hall–Kier alpha value is -1.88. The number of aromatic amines is 1. The minimum absolute atomic E-state index is 0.0922. The molecule has 8 heteroatoms. The van der Waals surface area contributed by atoms with Crippen LogP contribution in [-0.4, -0.2) is 21.9 Å². The normalized spacial score (nSPS) is 12.0. The minimum Gasteiger partial charge on any atom is -0.331 e. The van der Waals surface area contributed by atoms with Gasteiger partial charge >= 0.3 is 12.3 Å². The molecule has 0 unspecified atom stereocenters. The van der Waals surface area contributed by atoms with Gasteiger partial charge < -0.3 is 9.55 Å². The molecule has 0 aliphatic heterocycles. The SMILES string of the molecule is N#Cc1ccc2[nH]c(=S)n(CC(F)(F)C(F)F)c2c1. The van der Waals surface area contributed by atoms with Crippen LogP contribution in [0.5, 0.6) is 0 Å². The smallest absolute Gasteiger partial charge is 0.324 e. The summed E-state index contributed by atoms with van der Waals surface area (Å²) in [7, 11) is 0. The molecule has 2 rings (SSSR count). The molecule has 0 aliphatic carbocycles. The van der Waals surface area contributed by atoms with Gasteiger partial charge in [0.15, 0.2) is 4.77 Å². The van der Waals surface area contributed by atoms with Gasteiger partial charge in [-0.2, -0.15) is 14.0 Å². The quantitative estimate of drug-likeness (QED) is 0.694. The maximum Gasteiger partial charge on any atom is 0.324 e. The number of halogens is 4. The molecule has 3 nitrogen and oxygen atoms in total. The summed E-state index contributed by atoms with van der Waals surface area (Å²) in [5.41, 5.74) is 0.842. The maximum atomic E-state index is 13.1. The summed E-state index contributed by atoms with van der Waals surface area (Å²) in [6.45, 7) is -1.24. The molecule has 1 aromatic heterocycles. The Balaban J connectivity index is 2.57. The Kier molecular flexibility index (Phi) is 3.32. The van der Waals surface area contributed by atoms with Crippen molar-refractivity contribution in [1.82, 2.24) is 9.55 Å². The number of nitrogens with zero attached hydrogens (tertiary/aromatic N) is 2. The number of H-pyrrole nitrogens is 1. The zero-order valence-electron chi connectivity index (χ0n) is 9.33. The molecule has 0 atom stereocenters. The number of nitriles is 1. The van der Waals surface area contributed by atoms with Crippen molar-refractivity contribution in [1.29, 1.82) is 5.26 Å². The number of alkyl halides is 4. The standard InChI is InChI=1S/C11H7F4N3S/c12-9(13)11(14,15)5-18-8-3-6(4-16)1-2-7(8)17-10(18)19/h1-3,9H,5H2,(H,17,19). The lowest BCUT2D eigenvalue weighted by atomic mass is 10.2. The van der Waals surface area contributed by atoms with Gasteiger partial charge in [-0.05, 0) is 30.4 Å². The van der Waals surface area contributed by atoms with E-state index in [-0.39, 0.29) is 15.9 Å².